The molecule has 6 nitrogen and oxygen atoms in total. The third-order valence-corrected chi connectivity index (χ3v) is 4.77. The van der Waals surface area contributed by atoms with Gasteiger partial charge in [-0.3, -0.25) is 4.79 Å². The summed E-state index contributed by atoms with van der Waals surface area (Å²) >= 11 is 0. The predicted octanol–water partition coefficient (Wildman–Crippen LogP) is 2.65. The first-order chi connectivity index (χ1) is 13.2. The Kier molecular flexibility index (Phi) is 9.11. The van der Waals surface area contributed by atoms with Gasteiger partial charge in [0.1, 0.15) is 0 Å². The summed E-state index contributed by atoms with van der Waals surface area (Å²) in [5.74, 6) is 1.52. The van der Waals surface area contributed by atoms with Crippen molar-refractivity contribution in [1.29, 1.82) is 0 Å². The van der Waals surface area contributed by atoms with E-state index in [0.29, 0.717) is 18.0 Å². The van der Waals surface area contributed by atoms with Gasteiger partial charge in [-0.1, -0.05) is 25.5 Å². The molecule has 1 unspecified atom stereocenters. The van der Waals surface area contributed by atoms with Crippen molar-refractivity contribution in [2.45, 2.75) is 39.7 Å². The minimum absolute atomic E-state index is 0.00640. The van der Waals surface area contributed by atoms with E-state index in [-0.39, 0.29) is 5.91 Å². The standard InChI is InChI=1S/C21H34N4O2/c1-4-6-12-23-20(26)19-9-7-17(8-10-19)14-24-21(22-5-2)25-13-11-18(15-25)16-27-3/h7-10,18H,4-6,11-16H2,1-3H3,(H,22,24)(H,23,26). The zero-order valence-electron chi connectivity index (χ0n) is 17.0. The predicted molar refractivity (Wildman–Crippen MR) is 110 cm³/mol. The number of hydrogen-bond acceptors (Lipinski definition) is 3. The summed E-state index contributed by atoms with van der Waals surface area (Å²) in [7, 11) is 1.76. The number of unbranched alkanes of at least 4 members (excludes halogenated alkanes) is 1. The van der Waals surface area contributed by atoms with Crippen LogP contribution in [0.3, 0.4) is 0 Å². The van der Waals surface area contributed by atoms with Gasteiger partial charge in [0.05, 0.1) is 13.2 Å². The summed E-state index contributed by atoms with van der Waals surface area (Å²) in [6, 6.07) is 7.73. The molecular weight excluding hydrogens is 340 g/mol. The molecule has 1 atom stereocenters. The number of ether oxygens (including phenoxy) is 1. The average Bonchev–Trinajstić information content (AvgIpc) is 3.14. The van der Waals surface area contributed by atoms with Gasteiger partial charge in [0, 0.05) is 44.8 Å². The van der Waals surface area contributed by atoms with Crippen molar-refractivity contribution < 1.29 is 9.53 Å². The highest BCUT2D eigenvalue weighted by molar-refractivity contribution is 5.94. The highest BCUT2D eigenvalue weighted by Gasteiger charge is 2.24. The lowest BCUT2D eigenvalue weighted by Gasteiger charge is -2.21. The van der Waals surface area contributed by atoms with Gasteiger partial charge in [0.2, 0.25) is 0 Å². The van der Waals surface area contributed by atoms with Crippen molar-refractivity contribution in [3.63, 3.8) is 0 Å². The fraction of sp³-hybridized carbons (Fsp3) is 0.619. The summed E-state index contributed by atoms with van der Waals surface area (Å²) in [6.07, 6.45) is 3.22. The van der Waals surface area contributed by atoms with E-state index in [1.54, 1.807) is 7.11 Å². The molecule has 0 saturated carbocycles. The highest BCUT2D eigenvalue weighted by atomic mass is 16.5. The molecule has 1 aromatic rings. The topological polar surface area (TPSA) is 66.0 Å². The molecule has 1 aromatic carbocycles. The van der Waals surface area contributed by atoms with E-state index in [0.717, 1.165) is 63.6 Å². The van der Waals surface area contributed by atoms with Gasteiger partial charge in [0.25, 0.3) is 5.91 Å². The van der Waals surface area contributed by atoms with Crippen LogP contribution in [0.15, 0.2) is 29.3 Å². The maximum atomic E-state index is 12.1. The molecule has 1 saturated heterocycles. The van der Waals surface area contributed by atoms with Crippen LogP contribution in [-0.2, 0) is 11.3 Å². The van der Waals surface area contributed by atoms with Gasteiger partial charge in [-0.2, -0.15) is 0 Å². The second kappa shape index (κ2) is 11.6. The summed E-state index contributed by atoms with van der Waals surface area (Å²) in [4.78, 5) is 19.2. The molecule has 0 aromatic heterocycles. The Morgan fingerprint density at radius 2 is 2.04 bits per heavy atom. The van der Waals surface area contributed by atoms with Crippen LogP contribution in [-0.4, -0.2) is 56.7 Å². The zero-order chi connectivity index (χ0) is 19.5. The summed E-state index contributed by atoms with van der Waals surface area (Å²) < 4.78 is 5.28. The number of aliphatic imine (C=N–C) groups is 1. The van der Waals surface area contributed by atoms with Crippen LogP contribution in [0, 0.1) is 5.92 Å². The number of nitrogens with one attached hydrogen (secondary N) is 2. The van der Waals surface area contributed by atoms with Crippen LogP contribution in [0.5, 0.6) is 0 Å². The van der Waals surface area contributed by atoms with E-state index < -0.39 is 0 Å². The quantitative estimate of drug-likeness (QED) is 0.396. The minimum Gasteiger partial charge on any atom is -0.384 e. The first-order valence-electron chi connectivity index (χ1n) is 10.1. The Morgan fingerprint density at radius 3 is 2.70 bits per heavy atom. The van der Waals surface area contributed by atoms with E-state index in [1.807, 2.05) is 24.3 Å². The van der Waals surface area contributed by atoms with Crippen molar-refractivity contribution in [2.24, 2.45) is 10.9 Å². The first-order valence-corrected chi connectivity index (χ1v) is 10.1. The van der Waals surface area contributed by atoms with Gasteiger partial charge in [0.15, 0.2) is 5.96 Å². The van der Waals surface area contributed by atoms with Crippen molar-refractivity contribution >= 4 is 11.9 Å². The SMILES string of the molecule is CCCCNC(=O)c1ccc(CN=C(NCC)N2CCC(COC)C2)cc1. The number of guanidine groups is 1. The molecule has 0 radical (unpaired) electrons. The van der Waals surface area contributed by atoms with Gasteiger partial charge >= 0.3 is 0 Å². The third kappa shape index (κ3) is 6.86. The lowest BCUT2D eigenvalue weighted by molar-refractivity contribution is 0.0953. The minimum atomic E-state index is -0.00640. The largest absolute Gasteiger partial charge is 0.384 e. The number of amides is 1. The number of carbonyl (C=O) groups excluding carboxylic acids is 1. The summed E-state index contributed by atoms with van der Waals surface area (Å²) in [5, 5.41) is 6.33. The van der Waals surface area contributed by atoms with Gasteiger partial charge < -0.3 is 20.3 Å². The van der Waals surface area contributed by atoms with Crippen molar-refractivity contribution in [1.82, 2.24) is 15.5 Å². The van der Waals surface area contributed by atoms with Crippen LogP contribution >= 0.6 is 0 Å². The normalized spacial score (nSPS) is 17.2. The Hall–Kier alpha value is -2.08. The molecule has 6 heteroatoms. The summed E-state index contributed by atoms with van der Waals surface area (Å²) in [5.41, 5.74) is 1.80. The molecule has 1 heterocycles. The van der Waals surface area contributed by atoms with Gasteiger partial charge in [-0.05, 0) is 37.5 Å². The monoisotopic (exact) mass is 374 g/mol. The number of hydrogen-bond donors (Lipinski definition) is 2. The molecule has 0 aliphatic carbocycles. The smallest absolute Gasteiger partial charge is 0.251 e. The fourth-order valence-corrected chi connectivity index (χ4v) is 3.23. The molecule has 0 bridgehead atoms. The number of likely N-dealkylation sites (tertiary alicyclic amines) is 1. The molecule has 150 valence electrons. The summed E-state index contributed by atoms with van der Waals surface area (Å²) in [6.45, 7) is 9.18. The van der Waals surface area contributed by atoms with E-state index in [4.69, 9.17) is 9.73 Å². The van der Waals surface area contributed by atoms with Crippen LogP contribution in [0.25, 0.3) is 0 Å². The lowest BCUT2D eigenvalue weighted by atomic mass is 10.1. The Bertz CT molecular complexity index is 601. The molecule has 0 spiro atoms. The Balaban J connectivity index is 1.92. The molecule has 1 aliphatic rings. The number of methoxy groups -OCH3 is 1. The maximum Gasteiger partial charge on any atom is 0.251 e. The molecule has 1 amide bonds. The van der Waals surface area contributed by atoms with Crippen LogP contribution < -0.4 is 10.6 Å². The van der Waals surface area contributed by atoms with Crippen molar-refractivity contribution in [3.05, 3.63) is 35.4 Å². The average molecular weight is 375 g/mol. The van der Waals surface area contributed by atoms with Crippen LogP contribution in [0.1, 0.15) is 49.0 Å². The van der Waals surface area contributed by atoms with Crippen LogP contribution in [0.4, 0.5) is 0 Å². The lowest BCUT2D eigenvalue weighted by Crippen LogP contribution is -2.40. The second-order valence-corrected chi connectivity index (χ2v) is 7.03. The number of benzene rings is 1. The van der Waals surface area contributed by atoms with E-state index in [1.165, 1.54) is 0 Å². The fourth-order valence-electron chi connectivity index (χ4n) is 3.23. The molecule has 1 aliphatic heterocycles. The second-order valence-electron chi connectivity index (χ2n) is 7.03. The number of nitrogens with zero attached hydrogens (tertiary/aromatic N) is 2. The molecule has 2 N–H and O–H groups in total. The van der Waals surface area contributed by atoms with E-state index in [2.05, 4.69) is 29.4 Å². The Labute approximate surface area is 163 Å². The third-order valence-electron chi connectivity index (χ3n) is 4.77. The van der Waals surface area contributed by atoms with Gasteiger partial charge in [-0.25, -0.2) is 4.99 Å². The molecule has 27 heavy (non-hydrogen) atoms. The molecule has 2 rings (SSSR count). The zero-order valence-corrected chi connectivity index (χ0v) is 17.0. The van der Waals surface area contributed by atoms with Gasteiger partial charge in [-0.15, -0.1) is 0 Å². The Morgan fingerprint density at radius 1 is 1.26 bits per heavy atom. The highest BCUT2D eigenvalue weighted by Crippen LogP contribution is 2.16. The maximum absolute atomic E-state index is 12.1. The van der Waals surface area contributed by atoms with E-state index >= 15 is 0 Å². The van der Waals surface area contributed by atoms with E-state index in [9.17, 15) is 4.79 Å². The number of carbonyl (C=O) groups is 1. The number of rotatable bonds is 9. The van der Waals surface area contributed by atoms with Crippen LogP contribution in [0.2, 0.25) is 0 Å². The molecular formula is C21H34N4O2. The van der Waals surface area contributed by atoms with Crippen molar-refractivity contribution in [2.75, 3.05) is 39.9 Å². The first kappa shape index (κ1) is 21.2. The molecule has 1 fully saturated rings. The van der Waals surface area contributed by atoms with Crippen molar-refractivity contribution in [3.8, 4) is 0 Å².